The number of halogens is 1. The van der Waals surface area contributed by atoms with E-state index in [9.17, 15) is 4.79 Å². The first-order valence-corrected chi connectivity index (χ1v) is 8.66. The molecular weight excluding hydrogens is 322 g/mol. The van der Waals surface area contributed by atoms with E-state index in [-0.39, 0.29) is 24.0 Å². The quantitative estimate of drug-likeness (QED) is 0.893. The van der Waals surface area contributed by atoms with Crippen LogP contribution in [-0.2, 0) is 9.53 Å². The topological polar surface area (TPSA) is 38.3 Å². The minimum Gasteiger partial charge on any atom is -0.371 e. The average molecular weight is 344 g/mol. The Labute approximate surface area is 148 Å². The molecule has 1 amide bonds. The number of hydrogen-bond donors (Lipinski definition) is 1. The molecule has 0 spiro atoms. The predicted molar refractivity (Wildman–Crippen MR) is 96.3 cm³/mol. The molecule has 4 heteroatoms. The number of aryl methyl sites for hydroxylation is 1. The van der Waals surface area contributed by atoms with Crippen molar-refractivity contribution >= 4 is 17.5 Å². The second kappa shape index (κ2) is 7.37. The molecule has 0 saturated carbocycles. The lowest BCUT2D eigenvalue weighted by Gasteiger charge is -2.22. The molecule has 1 heterocycles. The van der Waals surface area contributed by atoms with Crippen LogP contribution in [0, 0.1) is 6.92 Å². The second-order valence-corrected chi connectivity index (χ2v) is 6.82. The molecule has 3 atom stereocenters. The Balaban J connectivity index is 1.70. The Morgan fingerprint density at radius 2 is 2.00 bits per heavy atom. The highest BCUT2D eigenvalue weighted by Crippen LogP contribution is 2.30. The van der Waals surface area contributed by atoms with Crippen LogP contribution >= 0.6 is 11.6 Å². The highest BCUT2D eigenvalue weighted by molar-refractivity contribution is 6.30. The standard InChI is InChI=1S/C20H22ClNO2/c1-13-4-3-5-16(12-13)14(2)20(23)22-18-10-11-24-19(18)15-6-8-17(21)9-7-15/h3-9,12,14,18-19H,10-11H2,1-2H3,(H,22,23)/t14-,18-,19+/m0/s1. The van der Waals surface area contributed by atoms with Crippen molar-refractivity contribution in [1.82, 2.24) is 5.32 Å². The maximum Gasteiger partial charge on any atom is 0.227 e. The third kappa shape index (κ3) is 3.80. The van der Waals surface area contributed by atoms with Gasteiger partial charge in [-0.3, -0.25) is 4.79 Å². The maximum absolute atomic E-state index is 12.7. The van der Waals surface area contributed by atoms with E-state index in [1.165, 1.54) is 0 Å². The number of rotatable bonds is 4. The summed E-state index contributed by atoms with van der Waals surface area (Å²) in [5.41, 5.74) is 3.25. The lowest BCUT2D eigenvalue weighted by molar-refractivity contribution is -0.123. The molecule has 1 N–H and O–H groups in total. The van der Waals surface area contributed by atoms with Crippen molar-refractivity contribution in [2.75, 3.05) is 6.61 Å². The van der Waals surface area contributed by atoms with Crippen LogP contribution in [0.2, 0.25) is 5.02 Å². The van der Waals surface area contributed by atoms with E-state index in [1.54, 1.807) is 0 Å². The summed E-state index contributed by atoms with van der Waals surface area (Å²) in [6.45, 7) is 4.63. The zero-order valence-corrected chi connectivity index (χ0v) is 14.7. The molecule has 3 nitrogen and oxygen atoms in total. The molecule has 1 saturated heterocycles. The van der Waals surface area contributed by atoms with Crippen molar-refractivity contribution in [2.24, 2.45) is 0 Å². The zero-order chi connectivity index (χ0) is 17.1. The van der Waals surface area contributed by atoms with E-state index >= 15 is 0 Å². The lowest BCUT2D eigenvalue weighted by Crippen LogP contribution is -2.39. The molecule has 0 aromatic heterocycles. The second-order valence-electron chi connectivity index (χ2n) is 6.38. The minimum atomic E-state index is -0.184. The van der Waals surface area contributed by atoms with Gasteiger partial charge in [-0.2, -0.15) is 0 Å². The van der Waals surface area contributed by atoms with Crippen LogP contribution in [0.5, 0.6) is 0 Å². The zero-order valence-electron chi connectivity index (χ0n) is 14.0. The van der Waals surface area contributed by atoms with Crippen LogP contribution in [-0.4, -0.2) is 18.6 Å². The molecule has 1 aliphatic heterocycles. The van der Waals surface area contributed by atoms with Crippen LogP contribution in [0.15, 0.2) is 48.5 Å². The van der Waals surface area contributed by atoms with Crippen molar-refractivity contribution in [3.63, 3.8) is 0 Å². The summed E-state index contributed by atoms with van der Waals surface area (Å²) >= 11 is 5.95. The number of hydrogen-bond acceptors (Lipinski definition) is 2. The monoisotopic (exact) mass is 343 g/mol. The predicted octanol–water partition coefficient (Wildman–Crippen LogP) is 4.40. The molecule has 0 unspecified atom stereocenters. The van der Waals surface area contributed by atoms with Crippen LogP contribution < -0.4 is 5.32 Å². The Kier molecular flexibility index (Phi) is 5.22. The summed E-state index contributed by atoms with van der Waals surface area (Å²) in [4.78, 5) is 12.7. The van der Waals surface area contributed by atoms with E-state index in [0.29, 0.717) is 11.6 Å². The van der Waals surface area contributed by atoms with E-state index in [2.05, 4.69) is 11.4 Å². The molecule has 0 radical (unpaired) electrons. The third-order valence-corrected chi connectivity index (χ3v) is 4.81. The van der Waals surface area contributed by atoms with Crippen LogP contribution in [0.4, 0.5) is 0 Å². The van der Waals surface area contributed by atoms with Gasteiger partial charge in [-0.05, 0) is 43.5 Å². The van der Waals surface area contributed by atoms with Gasteiger partial charge in [0.15, 0.2) is 0 Å². The average Bonchev–Trinajstić information content (AvgIpc) is 3.03. The first kappa shape index (κ1) is 17.0. The van der Waals surface area contributed by atoms with Gasteiger partial charge in [0.05, 0.1) is 12.0 Å². The third-order valence-electron chi connectivity index (χ3n) is 4.55. The van der Waals surface area contributed by atoms with Crippen molar-refractivity contribution in [3.05, 3.63) is 70.2 Å². The number of nitrogens with one attached hydrogen (secondary N) is 1. The molecule has 2 aromatic rings. The van der Waals surface area contributed by atoms with Gasteiger partial charge in [-0.25, -0.2) is 0 Å². The summed E-state index contributed by atoms with van der Waals surface area (Å²) < 4.78 is 5.84. The fourth-order valence-electron chi connectivity index (χ4n) is 3.12. The molecule has 3 rings (SSSR count). The number of benzene rings is 2. The molecule has 2 aromatic carbocycles. The first-order chi connectivity index (χ1) is 11.5. The van der Waals surface area contributed by atoms with Crippen LogP contribution in [0.25, 0.3) is 0 Å². The van der Waals surface area contributed by atoms with Crippen molar-refractivity contribution < 1.29 is 9.53 Å². The molecular formula is C20H22ClNO2. The Morgan fingerprint density at radius 3 is 2.71 bits per heavy atom. The van der Waals surface area contributed by atoms with E-state index in [4.69, 9.17) is 16.3 Å². The molecule has 24 heavy (non-hydrogen) atoms. The van der Waals surface area contributed by atoms with E-state index < -0.39 is 0 Å². The fourth-order valence-corrected chi connectivity index (χ4v) is 3.24. The van der Waals surface area contributed by atoms with Crippen LogP contribution in [0.3, 0.4) is 0 Å². The summed E-state index contributed by atoms with van der Waals surface area (Å²) in [5, 5.41) is 3.86. The summed E-state index contributed by atoms with van der Waals surface area (Å²) in [6, 6.07) is 15.7. The lowest BCUT2D eigenvalue weighted by atomic mass is 9.97. The molecule has 126 valence electrons. The van der Waals surface area contributed by atoms with E-state index in [1.807, 2.05) is 56.3 Å². The van der Waals surface area contributed by atoms with Gasteiger partial charge in [-0.1, -0.05) is 53.6 Å². The first-order valence-electron chi connectivity index (χ1n) is 8.28. The Hall–Kier alpha value is -1.84. The van der Waals surface area contributed by atoms with E-state index in [0.717, 1.165) is 23.1 Å². The highest BCUT2D eigenvalue weighted by Gasteiger charge is 2.32. The summed E-state index contributed by atoms with van der Waals surface area (Å²) in [5.74, 6) is -0.147. The Morgan fingerprint density at radius 1 is 1.25 bits per heavy atom. The fraction of sp³-hybridized carbons (Fsp3) is 0.350. The Bertz CT molecular complexity index is 714. The smallest absolute Gasteiger partial charge is 0.227 e. The van der Waals surface area contributed by atoms with Gasteiger partial charge in [0, 0.05) is 11.6 Å². The van der Waals surface area contributed by atoms with Gasteiger partial charge in [-0.15, -0.1) is 0 Å². The van der Waals surface area contributed by atoms with Gasteiger partial charge in [0.1, 0.15) is 6.10 Å². The molecule has 1 aliphatic rings. The van der Waals surface area contributed by atoms with Crippen molar-refractivity contribution in [3.8, 4) is 0 Å². The van der Waals surface area contributed by atoms with Gasteiger partial charge in [0.25, 0.3) is 0 Å². The summed E-state index contributed by atoms with van der Waals surface area (Å²) in [7, 11) is 0. The largest absolute Gasteiger partial charge is 0.371 e. The maximum atomic E-state index is 12.7. The van der Waals surface area contributed by atoms with Gasteiger partial charge < -0.3 is 10.1 Å². The van der Waals surface area contributed by atoms with Gasteiger partial charge in [0.2, 0.25) is 5.91 Å². The minimum absolute atomic E-state index is 0.00839. The SMILES string of the molecule is Cc1cccc([C@H](C)C(=O)N[C@H]2CCO[C@@H]2c2ccc(Cl)cc2)c1. The van der Waals surface area contributed by atoms with Crippen molar-refractivity contribution in [2.45, 2.75) is 38.3 Å². The molecule has 1 fully saturated rings. The number of amides is 1. The number of ether oxygens (including phenoxy) is 1. The summed E-state index contributed by atoms with van der Waals surface area (Å²) in [6.07, 6.45) is 0.704. The van der Waals surface area contributed by atoms with Gasteiger partial charge >= 0.3 is 0 Å². The number of carbonyl (C=O) groups excluding carboxylic acids is 1. The van der Waals surface area contributed by atoms with Crippen LogP contribution in [0.1, 0.15) is 42.1 Å². The molecule has 0 aliphatic carbocycles. The molecule has 0 bridgehead atoms. The normalized spacial score (nSPS) is 21.5. The van der Waals surface area contributed by atoms with Crippen molar-refractivity contribution in [1.29, 1.82) is 0 Å². The highest BCUT2D eigenvalue weighted by atomic mass is 35.5. The number of carbonyl (C=O) groups is 1.